The third-order valence-electron chi connectivity index (χ3n) is 2.34. The van der Waals surface area contributed by atoms with Crippen molar-refractivity contribution in [3.8, 4) is 11.5 Å². The topological polar surface area (TPSA) is 35.5 Å². The lowest BCUT2D eigenvalue weighted by Gasteiger charge is -2.06. The molecular formula is C14H14O3S. The lowest BCUT2D eigenvalue weighted by atomic mass is 10.2. The fraction of sp³-hybridized carbons (Fsp3) is 0.143. The second kappa shape index (κ2) is 5.69. The highest BCUT2D eigenvalue weighted by Crippen LogP contribution is 2.17. The molecule has 0 aliphatic heterocycles. The van der Waals surface area contributed by atoms with Crippen LogP contribution in [0.4, 0.5) is 0 Å². The van der Waals surface area contributed by atoms with Gasteiger partial charge in [-0.3, -0.25) is 0 Å². The maximum atomic E-state index is 11.6. The molecule has 94 valence electrons. The van der Waals surface area contributed by atoms with Crippen molar-refractivity contribution in [3.05, 3.63) is 59.7 Å². The molecule has 0 saturated carbocycles. The van der Waals surface area contributed by atoms with Gasteiger partial charge in [0.15, 0.2) is 0 Å². The molecule has 0 N–H and O–H groups in total. The molecule has 2 aromatic rings. The highest BCUT2D eigenvalue weighted by Gasteiger charge is 2.05. The summed E-state index contributed by atoms with van der Waals surface area (Å²) in [6.45, 7) is 3.92. The van der Waals surface area contributed by atoms with Gasteiger partial charge in [-0.2, -0.15) is 4.21 Å². The summed E-state index contributed by atoms with van der Waals surface area (Å²) < 4.78 is 22.0. The molecule has 0 aliphatic rings. The van der Waals surface area contributed by atoms with Crippen LogP contribution in [0.5, 0.6) is 11.5 Å². The van der Waals surface area contributed by atoms with Gasteiger partial charge in [-0.1, -0.05) is 29.8 Å². The van der Waals surface area contributed by atoms with Crippen LogP contribution in [0.15, 0.2) is 48.5 Å². The smallest absolute Gasteiger partial charge is 0.371 e. The van der Waals surface area contributed by atoms with E-state index in [0.29, 0.717) is 11.5 Å². The highest BCUT2D eigenvalue weighted by molar-refractivity contribution is 7.75. The zero-order valence-electron chi connectivity index (χ0n) is 10.3. The highest BCUT2D eigenvalue weighted by atomic mass is 32.2. The van der Waals surface area contributed by atoms with Crippen LogP contribution in [0, 0.1) is 13.8 Å². The van der Waals surface area contributed by atoms with E-state index in [2.05, 4.69) is 0 Å². The predicted octanol–water partition coefficient (Wildman–Crippen LogP) is 3.34. The molecule has 1 unspecified atom stereocenters. The number of benzene rings is 2. The zero-order chi connectivity index (χ0) is 13.0. The van der Waals surface area contributed by atoms with Crippen LogP contribution >= 0.6 is 0 Å². The van der Waals surface area contributed by atoms with E-state index in [9.17, 15) is 4.21 Å². The Morgan fingerprint density at radius 2 is 1.50 bits per heavy atom. The van der Waals surface area contributed by atoms with Crippen molar-refractivity contribution in [1.82, 2.24) is 0 Å². The van der Waals surface area contributed by atoms with Crippen LogP contribution < -0.4 is 8.37 Å². The second-order valence-electron chi connectivity index (χ2n) is 4.00. The summed E-state index contributed by atoms with van der Waals surface area (Å²) in [5.41, 5.74) is 2.16. The van der Waals surface area contributed by atoms with E-state index in [0.717, 1.165) is 11.1 Å². The average molecular weight is 262 g/mol. The Balaban J connectivity index is 1.98. The first kappa shape index (κ1) is 12.6. The summed E-state index contributed by atoms with van der Waals surface area (Å²) in [4.78, 5) is 0. The van der Waals surface area contributed by atoms with Gasteiger partial charge in [-0.05, 0) is 43.7 Å². The van der Waals surface area contributed by atoms with E-state index >= 15 is 0 Å². The van der Waals surface area contributed by atoms with E-state index in [4.69, 9.17) is 8.37 Å². The van der Waals surface area contributed by atoms with E-state index in [1.807, 2.05) is 38.1 Å². The van der Waals surface area contributed by atoms with E-state index in [1.54, 1.807) is 24.3 Å². The third kappa shape index (κ3) is 3.60. The first-order chi connectivity index (χ1) is 8.63. The van der Waals surface area contributed by atoms with Gasteiger partial charge in [-0.15, -0.1) is 0 Å². The lowest BCUT2D eigenvalue weighted by Crippen LogP contribution is -2.07. The van der Waals surface area contributed by atoms with Crippen molar-refractivity contribution < 1.29 is 12.6 Å². The van der Waals surface area contributed by atoms with Crippen LogP contribution in [0.1, 0.15) is 11.1 Å². The average Bonchev–Trinajstić information content (AvgIpc) is 2.32. The number of hydrogen-bond acceptors (Lipinski definition) is 3. The van der Waals surface area contributed by atoms with Crippen molar-refractivity contribution in [2.24, 2.45) is 0 Å². The fourth-order valence-corrected chi connectivity index (χ4v) is 2.00. The summed E-state index contributed by atoms with van der Waals surface area (Å²) in [7, 11) is 0. The molecule has 0 amide bonds. The fourth-order valence-electron chi connectivity index (χ4n) is 1.44. The molecule has 2 aromatic carbocycles. The minimum absolute atomic E-state index is 0.520. The monoisotopic (exact) mass is 262 g/mol. The molecule has 1 atom stereocenters. The van der Waals surface area contributed by atoms with Crippen molar-refractivity contribution in [2.45, 2.75) is 13.8 Å². The molecule has 3 nitrogen and oxygen atoms in total. The largest absolute Gasteiger partial charge is 0.417 e. The van der Waals surface area contributed by atoms with Crippen LogP contribution in [0.3, 0.4) is 0 Å². The number of hydrogen-bond donors (Lipinski definition) is 0. The van der Waals surface area contributed by atoms with E-state index in [1.165, 1.54) is 0 Å². The Bertz CT molecular complexity index is 549. The summed E-state index contributed by atoms with van der Waals surface area (Å²) in [6.07, 6.45) is 0. The summed E-state index contributed by atoms with van der Waals surface area (Å²) in [6, 6.07) is 14.6. The third-order valence-corrected chi connectivity index (χ3v) is 3.00. The Kier molecular flexibility index (Phi) is 3.99. The minimum atomic E-state index is -1.84. The maximum absolute atomic E-state index is 11.6. The lowest BCUT2D eigenvalue weighted by molar-refractivity contribution is 0.461. The normalized spacial score (nSPS) is 11.9. The van der Waals surface area contributed by atoms with Crippen molar-refractivity contribution in [1.29, 1.82) is 0 Å². The molecule has 0 radical (unpaired) electrons. The maximum Gasteiger partial charge on any atom is 0.417 e. The first-order valence-corrected chi connectivity index (χ1v) is 6.55. The SMILES string of the molecule is Cc1ccc(OS(=O)Oc2cccc(C)c2)cc1. The molecule has 0 fully saturated rings. The molecule has 0 heterocycles. The quantitative estimate of drug-likeness (QED) is 0.847. The van der Waals surface area contributed by atoms with Crippen LogP contribution in [0.2, 0.25) is 0 Å². The van der Waals surface area contributed by atoms with Gasteiger partial charge in [0.05, 0.1) is 0 Å². The molecule has 0 bridgehead atoms. The molecule has 0 spiro atoms. The molecular weight excluding hydrogens is 248 g/mol. The Morgan fingerprint density at radius 1 is 0.833 bits per heavy atom. The second-order valence-corrected chi connectivity index (χ2v) is 4.74. The van der Waals surface area contributed by atoms with Gasteiger partial charge in [-0.25, -0.2) is 0 Å². The first-order valence-electron chi connectivity index (χ1n) is 5.55. The number of rotatable bonds is 4. The predicted molar refractivity (Wildman–Crippen MR) is 71.8 cm³/mol. The van der Waals surface area contributed by atoms with E-state index < -0.39 is 11.4 Å². The van der Waals surface area contributed by atoms with Crippen molar-refractivity contribution >= 4 is 11.4 Å². The zero-order valence-corrected chi connectivity index (χ0v) is 11.1. The molecule has 18 heavy (non-hydrogen) atoms. The standard InChI is InChI=1S/C14H14O3S/c1-11-6-8-13(9-7-11)16-18(15)17-14-5-3-4-12(2)10-14/h3-10H,1-2H3. The molecule has 0 aliphatic carbocycles. The van der Waals surface area contributed by atoms with Crippen molar-refractivity contribution in [3.63, 3.8) is 0 Å². The van der Waals surface area contributed by atoms with Crippen LogP contribution in [-0.4, -0.2) is 4.21 Å². The van der Waals surface area contributed by atoms with Gasteiger partial charge in [0.2, 0.25) is 0 Å². The summed E-state index contributed by atoms with van der Waals surface area (Å²) >= 11 is -1.84. The van der Waals surface area contributed by atoms with Crippen LogP contribution in [-0.2, 0) is 11.4 Å². The Labute approximate surface area is 109 Å². The summed E-state index contributed by atoms with van der Waals surface area (Å²) in [5, 5.41) is 0. The molecule has 0 saturated heterocycles. The molecule has 2 rings (SSSR count). The van der Waals surface area contributed by atoms with Crippen LogP contribution in [0.25, 0.3) is 0 Å². The minimum Gasteiger partial charge on any atom is -0.371 e. The Morgan fingerprint density at radius 3 is 2.17 bits per heavy atom. The van der Waals surface area contributed by atoms with Gasteiger partial charge < -0.3 is 8.37 Å². The molecule has 0 aromatic heterocycles. The Hall–Kier alpha value is -1.81. The number of aryl methyl sites for hydroxylation is 2. The summed E-state index contributed by atoms with van der Waals surface area (Å²) in [5.74, 6) is 1.05. The van der Waals surface area contributed by atoms with Gasteiger partial charge in [0, 0.05) is 0 Å². The van der Waals surface area contributed by atoms with Crippen molar-refractivity contribution in [2.75, 3.05) is 0 Å². The van der Waals surface area contributed by atoms with Gasteiger partial charge in [0.25, 0.3) is 0 Å². The van der Waals surface area contributed by atoms with Gasteiger partial charge >= 0.3 is 11.4 Å². The molecule has 4 heteroatoms. The van der Waals surface area contributed by atoms with E-state index in [-0.39, 0.29) is 0 Å². The van der Waals surface area contributed by atoms with Gasteiger partial charge in [0.1, 0.15) is 11.5 Å².